The van der Waals surface area contributed by atoms with Gasteiger partial charge in [-0.05, 0) is 36.2 Å². The van der Waals surface area contributed by atoms with E-state index >= 15 is 0 Å². The molecule has 0 aliphatic carbocycles. The number of ether oxygens (including phenoxy) is 1. The molecule has 94 valence electrons. The molecule has 0 saturated carbocycles. The third kappa shape index (κ3) is 3.29. The maximum atomic E-state index is 13.0. The van der Waals surface area contributed by atoms with Crippen molar-refractivity contribution in [1.29, 1.82) is 0 Å². The molecule has 0 aliphatic rings. The molecule has 0 N–H and O–H groups in total. The van der Waals surface area contributed by atoms with Gasteiger partial charge in [-0.15, -0.1) is 0 Å². The largest absolute Gasteiger partial charge is 0.493 e. The summed E-state index contributed by atoms with van der Waals surface area (Å²) >= 11 is 0. The fourth-order valence-corrected chi connectivity index (χ4v) is 1.75. The van der Waals surface area contributed by atoms with Crippen LogP contribution in [0, 0.1) is 18.6 Å². The van der Waals surface area contributed by atoms with Crippen LogP contribution in [-0.2, 0) is 6.42 Å². The summed E-state index contributed by atoms with van der Waals surface area (Å²) < 4.78 is 31.5. The smallest absolute Gasteiger partial charge is 0.126 e. The molecule has 3 heteroatoms. The standard InChI is InChI=1S/C15H14F2O/c1-11-4-2-3-5-15(11)18-7-6-12-8-13(16)10-14(17)9-12/h2-5,8-10H,6-7H2,1H3. The van der Waals surface area contributed by atoms with E-state index in [1.165, 1.54) is 12.1 Å². The van der Waals surface area contributed by atoms with Crippen LogP contribution in [0.15, 0.2) is 42.5 Å². The van der Waals surface area contributed by atoms with Crippen LogP contribution in [0.25, 0.3) is 0 Å². The Balaban J connectivity index is 1.94. The Labute approximate surface area is 105 Å². The van der Waals surface area contributed by atoms with Gasteiger partial charge in [0, 0.05) is 12.5 Å². The first-order chi connectivity index (χ1) is 8.65. The second-order valence-electron chi connectivity index (χ2n) is 4.14. The molecule has 2 aromatic rings. The van der Waals surface area contributed by atoms with Gasteiger partial charge in [0.25, 0.3) is 0 Å². The van der Waals surface area contributed by atoms with Crippen molar-refractivity contribution < 1.29 is 13.5 Å². The molecule has 1 nitrogen and oxygen atoms in total. The van der Waals surface area contributed by atoms with Gasteiger partial charge in [-0.2, -0.15) is 0 Å². The van der Waals surface area contributed by atoms with E-state index in [1.54, 1.807) is 0 Å². The van der Waals surface area contributed by atoms with E-state index in [1.807, 2.05) is 31.2 Å². The summed E-state index contributed by atoms with van der Waals surface area (Å²) in [5, 5.41) is 0. The summed E-state index contributed by atoms with van der Waals surface area (Å²) in [7, 11) is 0. The van der Waals surface area contributed by atoms with Gasteiger partial charge >= 0.3 is 0 Å². The van der Waals surface area contributed by atoms with Gasteiger partial charge in [-0.3, -0.25) is 0 Å². The van der Waals surface area contributed by atoms with Crippen LogP contribution in [0.4, 0.5) is 8.78 Å². The molecule has 0 bridgehead atoms. The number of hydrogen-bond donors (Lipinski definition) is 0. The number of rotatable bonds is 4. The van der Waals surface area contributed by atoms with Crippen molar-refractivity contribution >= 4 is 0 Å². The van der Waals surface area contributed by atoms with E-state index in [4.69, 9.17) is 4.74 Å². The van der Waals surface area contributed by atoms with E-state index < -0.39 is 11.6 Å². The Hall–Kier alpha value is -1.90. The van der Waals surface area contributed by atoms with Crippen LogP contribution >= 0.6 is 0 Å². The van der Waals surface area contributed by atoms with Crippen LogP contribution in [0.5, 0.6) is 5.75 Å². The van der Waals surface area contributed by atoms with Gasteiger partial charge in [-0.25, -0.2) is 8.78 Å². The lowest BCUT2D eigenvalue weighted by molar-refractivity contribution is 0.319. The number of aryl methyl sites for hydroxylation is 1. The minimum Gasteiger partial charge on any atom is -0.493 e. The maximum Gasteiger partial charge on any atom is 0.126 e. The molecule has 0 aromatic heterocycles. The fourth-order valence-electron chi connectivity index (χ4n) is 1.75. The van der Waals surface area contributed by atoms with E-state index in [2.05, 4.69) is 0 Å². The van der Waals surface area contributed by atoms with Crippen LogP contribution in [0.1, 0.15) is 11.1 Å². The van der Waals surface area contributed by atoms with Crippen molar-refractivity contribution in [2.75, 3.05) is 6.61 Å². The van der Waals surface area contributed by atoms with E-state index in [0.717, 1.165) is 17.4 Å². The lowest BCUT2D eigenvalue weighted by Crippen LogP contribution is -2.03. The number of para-hydroxylation sites is 1. The average molecular weight is 248 g/mol. The molecular formula is C15H14F2O. The van der Waals surface area contributed by atoms with Gasteiger partial charge in [0.05, 0.1) is 6.61 Å². The number of benzene rings is 2. The first-order valence-corrected chi connectivity index (χ1v) is 5.78. The lowest BCUT2D eigenvalue weighted by Gasteiger charge is -2.08. The second-order valence-corrected chi connectivity index (χ2v) is 4.14. The highest BCUT2D eigenvalue weighted by Crippen LogP contribution is 2.16. The third-order valence-corrected chi connectivity index (χ3v) is 2.66. The quantitative estimate of drug-likeness (QED) is 0.797. The zero-order valence-electron chi connectivity index (χ0n) is 10.1. The highest BCUT2D eigenvalue weighted by atomic mass is 19.1. The molecule has 0 amide bonds. The summed E-state index contributed by atoms with van der Waals surface area (Å²) in [6, 6.07) is 11.2. The first kappa shape index (κ1) is 12.6. The fraction of sp³-hybridized carbons (Fsp3) is 0.200. The van der Waals surface area contributed by atoms with E-state index in [0.29, 0.717) is 18.6 Å². The van der Waals surface area contributed by atoms with Crippen molar-refractivity contribution in [3.8, 4) is 5.75 Å². The van der Waals surface area contributed by atoms with Gasteiger partial charge in [0.2, 0.25) is 0 Å². The zero-order valence-corrected chi connectivity index (χ0v) is 10.1. The monoisotopic (exact) mass is 248 g/mol. The summed E-state index contributed by atoms with van der Waals surface area (Å²) in [5.74, 6) is -0.309. The average Bonchev–Trinajstić information content (AvgIpc) is 2.30. The second kappa shape index (κ2) is 5.63. The highest BCUT2D eigenvalue weighted by molar-refractivity contribution is 5.31. The molecule has 2 rings (SSSR count). The van der Waals surface area contributed by atoms with Crippen LogP contribution in [0.3, 0.4) is 0 Å². The SMILES string of the molecule is Cc1ccccc1OCCc1cc(F)cc(F)c1. The summed E-state index contributed by atoms with van der Waals surface area (Å²) in [5.41, 5.74) is 1.64. The topological polar surface area (TPSA) is 9.23 Å². The Morgan fingerprint density at radius 1 is 1.00 bits per heavy atom. The predicted octanol–water partition coefficient (Wildman–Crippen LogP) is 3.89. The lowest BCUT2D eigenvalue weighted by atomic mass is 10.1. The van der Waals surface area contributed by atoms with Crippen molar-refractivity contribution in [3.05, 3.63) is 65.2 Å². The molecule has 0 aliphatic heterocycles. The minimum atomic E-state index is -0.555. The molecule has 0 spiro atoms. The Morgan fingerprint density at radius 2 is 1.67 bits per heavy atom. The molecule has 0 heterocycles. The predicted molar refractivity (Wildman–Crippen MR) is 66.7 cm³/mol. The Kier molecular flexibility index (Phi) is 3.92. The number of halogens is 2. The molecule has 0 atom stereocenters. The van der Waals surface area contributed by atoms with E-state index in [9.17, 15) is 8.78 Å². The van der Waals surface area contributed by atoms with E-state index in [-0.39, 0.29) is 0 Å². The summed E-state index contributed by atoms with van der Waals surface area (Å²) in [4.78, 5) is 0. The summed E-state index contributed by atoms with van der Waals surface area (Å²) in [6.07, 6.45) is 0.475. The Morgan fingerprint density at radius 3 is 2.33 bits per heavy atom. The maximum absolute atomic E-state index is 13.0. The highest BCUT2D eigenvalue weighted by Gasteiger charge is 2.02. The molecule has 0 fully saturated rings. The molecule has 2 aromatic carbocycles. The summed E-state index contributed by atoms with van der Waals surface area (Å²) in [6.45, 7) is 2.35. The van der Waals surface area contributed by atoms with Crippen LogP contribution in [-0.4, -0.2) is 6.61 Å². The van der Waals surface area contributed by atoms with Gasteiger partial charge in [0.15, 0.2) is 0 Å². The normalized spacial score (nSPS) is 10.4. The van der Waals surface area contributed by atoms with Crippen molar-refractivity contribution in [1.82, 2.24) is 0 Å². The van der Waals surface area contributed by atoms with Gasteiger partial charge in [0.1, 0.15) is 17.4 Å². The molecule has 18 heavy (non-hydrogen) atoms. The molecule has 0 radical (unpaired) electrons. The first-order valence-electron chi connectivity index (χ1n) is 5.78. The minimum absolute atomic E-state index is 0.397. The van der Waals surface area contributed by atoms with Gasteiger partial charge < -0.3 is 4.74 Å². The van der Waals surface area contributed by atoms with Gasteiger partial charge in [-0.1, -0.05) is 18.2 Å². The molecule has 0 saturated heterocycles. The van der Waals surface area contributed by atoms with Crippen molar-refractivity contribution in [2.24, 2.45) is 0 Å². The zero-order chi connectivity index (χ0) is 13.0. The Bertz CT molecular complexity index is 518. The molecular weight excluding hydrogens is 234 g/mol. The number of hydrogen-bond acceptors (Lipinski definition) is 1. The van der Waals surface area contributed by atoms with Crippen LogP contribution in [0.2, 0.25) is 0 Å². The van der Waals surface area contributed by atoms with Crippen molar-refractivity contribution in [3.63, 3.8) is 0 Å². The third-order valence-electron chi connectivity index (χ3n) is 2.66. The van der Waals surface area contributed by atoms with Crippen LogP contribution < -0.4 is 4.74 Å². The van der Waals surface area contributed by atoms with Crippen molar-refractivity contribution in [2.45, 2.75) is 13.3 Å². The molecule has 0 unspecified atom stereocenters.